The minimum absolute atomic E-state index is 0. The fourth-order valence-electron chi connectivity index (χ4n) is 8.25. The molecule has 14 heteroatoms. The van der Waals surface area contributed by atoms with Gasteiger partial charge in [0.15, 0.2) is 0 Å². The third-order valence-electron chi connectivity index (χ3n) is 11.4. The summed E-state index contributed by atoms with van der Waals surface area (Å²) in [6.07, 6.45) is 7.42. The van der Waals surface area contributed by atoms with Gasteiger partial charge in [0.1, 0.15) is 0 Å². The molecule has 1 fully saturated rings. The van der Waals surface area contributed by atoms with E-state index < -0.39 is 16.1 Å². The Bertz CT molecular complexity index is 2100. The SMILES string of the molecule is C=CCn1c2c(c3cc(NC(=O)OCC[Si](C)(C)C)ccc31)CN(C1CCOCC1)CC2.C=CCn1c2c(c3cc(NC(=O)OCC[Si](C)(C)C)ccc31)CNCC2.Cl. The lowest BCUT2D eigenvalue weighted by atomic mass is 9.99. The normalized spacial score (nSPS) is 15.9. The molecule has 11 nitrogen and oxygen atoms in total. The second-order valence-corrected chi connectivity index (χ2v) is 29.5. The van der Waals surface area contributed by atoms with E-state index in [0.717, 1.165) is 102 Å². The van der Waals surface area contributed by atoms with Crippen LogP contribution in [0.2, 0.25) is 51.4 Å². The highest BCUT2D eigenvalue weighted by Crippen LogP contribution is 2.35. The number of allylic oxidation sites excluding steroid dienone is 2. The van der Waals surface area contributed by atoms with E-state index in [1.54, 1.807) is 0 Å². The number of carbonyl (C=O) groups excluding carboxylic acids is 2. The summed E-state index contributed by atoms with van der Waals surface area (Å²) < 4.78 is 21.1. The number of amides is 2. The summed E-state index contributed by atoms with van der Waals surface area (Å²) >= 11 is 0. The maximum Gasteiger partial charge on any atom is 0.411 e. The van der Waals surface area contributed by atoms with Gasteiger partial charge >= 0.3 is 12.2 Å². The summed E-state index contributed by atoms with van der Waals surface area (Å²) in [6, 6.07) is 14.8. The Balaban J connectivity index is 0.000000225. The monoisotopic (exact) mass is 862 g/mol. The van der Waals surface area contributed by atoms with Gasteiger partial charge in [0, 0.05) is 132 Å². The molecule has 0 atom stereocenters. The average molecular weight is 864 g/mol. The number of aromatic nitrogens is 2. The second-order valence-electron chi connectivity index (χ2n) is 18.2. The van der Waals surface area contributed by atoms with Crippen molar-refractivity contribution < 1.29 is 23.8 Å². The Hall–Kier alpha value is -3.86. The third kappa shape index (κ3) is 12.1. The molecule has 7 rings (SSSR count). The van der Waals surface area contributed by atoms with Crippen LogP contribution in [0.4, 0.5) is 21.0 Å². The van der Waals surface area contributed by atoms with Gasteiger partial charge in [0.2, 0.25) is 0 Å². The third-order valence-corrected chi connectivity index (χ3v) is 14.8. The summed E-state index contributed by atoms with van der Waals surface area (Å²) in [4.78, 5) is 27.0. The molecule has 59 heavy (non-hydrogen) atoms. The highest BCUT2D eigenvalue weighted by molar-refractivity contribution is 6.76. The van der Waals surface area contributed by atoms with Crippen LogP contribution in [-0.2, 0) is 53.2 Å². The first kappa shape index (κ1) is 46.2. The van der Waals surface area contributed by atoms with Crippen molar-refractivity contribution in [2.45, 2.75) is 109 Å². The number of anilines is 2. The van der Waals surface area contributed by atoms with Crippen LogP contribution in [0, 0.1) is 0 Å². The van der Waals surface area contributed by atoms with Crippen molar-refractivity contribution in [3.8, 4) is 0 Å². The number of hydrogen-bond acceptors (Lipinski definition) is 7. The van der Waals surface area contributed by atoms with Crippen LogP contribution in [0.5, 0.6) is 0 Å². The molecule has 322 valence electrons. The predicted octanol–water partition coefficient (Wildman–Crippen LogP) is 10.0. The van der Waals surface area contributed by atoms with E-state index in [-0.39, 0.29) is 24.6 Å². The van der Waals surface area contributed by atoms with Gasteiger partial charge < -0.3 is 28.7 Å². The van der Waals surface area contributed by atoms with Crippen molar-refractivity contribution in [1.29, 1.82) is 0 Å². The van der Waals surface area contributed by atoms with Gasteiger partial charge in [-0.1, -0.05) is 51.4 Å². The Labute approximate surface area is 359 Å². The molecule has 3 N–H and O–H groups in total. The van der Waals surface area contributed by atoms with E-state index in [2.05, 4.69) is 107 Å². The van der Waals surface area contributed by atoms with Crippen LogP contribution in [-0.4, -0.2) is 87.9 Å². The number of carbonyl (C=O) groups is 2. The predicted molar refractivity (Wildman–Crippen MR) is 251 cm³/mol. The molecule has 4 aromatic rings. The van der Waals surface area contributed by atoms with Gasteiger partial charge in [-0.05, 0) is 72.5 Å². The molecule has 0 aliphatic carbocycles. The van der Waals surface area contributed by atoms with Gasteiger partial charge in [-0.25, -0.2) is 9.59 Å². The van der Waals surface area contributed by atoms with Gasteiger partial charge in [0.05, 0.1) is 13.2 Å². The smallest absolute Gasteiger partial charge is 0.411 e. The highest BCUT2D eigenvalue weighted by atomic mass is 35.5. The van der Waals surface area contributed by atoms with Crippen LogP contribution >= 0.6 is 12.4 Å². The fourth-order valence-corrected chi connectivity index (χ4v) is 9.68. The van der Waals surface area contributed by atoms with Gasteiger partial charge in [-0.15, -0.1) is 25.6 Å². The zero-order chi connectivity index (χ0) is 41.5. The Morgan fingerprint density at radius 2 is 1.31 bits per heavy atom. The van der Waals surface area contributed by atoms with Crippen molar-refractivity contribution in [3.05, 3.63) is 84.2 Å². The molecule has 2 amide bonds. The topological polar surface area (TPSA) is 111 Å². The first-order chi connectivity index (χ1) is 27.7. The number of nitrogens with zero attached hydrogens (tertiary/aromatic N) is 3. The summed E-state index contributed by atoms with van der Waals surface area (Å²) in [5, 5.41) is 11.7. The second kappa shape index (κ2) is 20.6. The van der Waals surface area contributed by atoms with Gasteiger partial charge in [-0.2, -0.15) is 0 Å². The molecule has 0 radical (unpaired) electrons. The standard InChI is InChI=1S/C25H37N3O3Si.C20H29N3O2Si.ClH/c1-5-11-28-23-7-6-19(26-25(29)31-15-16-32(2,3)4)17-21(23)22-18-27(12-8-24(22)28)20-9-13-30-14-10-20;1-5-10-23-18-7-6-15(22-20(24)25-11-12-26(2,3)4)13-16(18)17-14-21-9-8-19(17)23;/h5-7,17,20H,1,8-16,18H2,2-4H3,(H,26,29);5-7,13,21H,1,8-12,14H2,2-4H3,(H,22,24);1H. The zero-order valence-corrected chi connectivity index (χ0v) is 39.0. The van der Waals surface area contributed by atoms with E-state index in [1.807, 2.05) is 24.3 Å². The number of halogens is 1. The Morgan fingerprint density at radius 1 is 0.797 bits per heavy atom. The minimum Gasteiger partial charge on any atom is -0.450 e. The Morgan fingerprint density at radius 3 is 1.81 bits per heavy atom. The van der Waals surface area contributed by atoms with Crippen molar-refractivity contribution in [2.24, 2.45) is 0 Å². The quantitative estimate of drug-likeness (QED) is 0.0907. The maximum absolute atomic E-state index is 12.3. The first-order valence-corrected chi connectivity index (χ1v) is 28.6. The lowest BCUT2D eigenvalue weighted by molar-refractivity contribution is 0.0289. The summed E-state index contributed by atoms with van der Waals surface area (Å²) in [7, 11) is -2.42. The molecule has 3 aliphatic rings. The molecule has 0 saturated carbocycles. The minimum atomic E-state index is -1.22. The Kier molecular flexibility index (Phi) is 16.1. The van der Waals surface area contributed by atoms with E-state index >= 15 is 0 Å². The fraction of sp³-hybridized carbons (Fsp3) is 0.511. The van der Waals surface area contributed by atoms with E-state index in [9.17, 15) is 9.59 Å². The highest BCUT2D eigenvalue weighted by Gasteiger charge is 2.29. The molecule has 0 bridgehead atoms. The van der Waals surface area contributed by atoms with Crippen molar-refractivity contribution >= 4 is 73.9 Å². The number of benzene rings is 2. The van der Waals surface area contributed by atoms with E-state index in [4.69, 9.17) is 14.2 Å². The average Bonchev–Trinajstić information content (AvgIpc) is 3.65. The first-order valence-electron chi connectivity index (χ1n) is 21.1. The molecule has 0 spiro atoms. The van der Waals surface area contributed by atoms with Crippen molar-refractivity contribution in [2.75, 3.05) is 50.2 Å². The van der Waals surface area contributed by atoms with E-state index in [0.29, 0.717) is 19.3 Å². The number of rotatable bonds is 13. The summed E-state index contributed by atoms with van der Waals surface area (Å²) in [6.45, 7) is 29.7. The molecule has 0 unspecified atom stereocenters. The van der Waals surface area contributed by atoms with Gasteiger partial charge in [0.25, 0.3) is 0 Å². The number of ether oxygens (including phenoxy) is 3. The molecule has 3 aliphatic heterocycles. The zero-order valence-electron chi connectivity index (χ0n) is 36.2. The van der Waals surface area contributed by atoms with Crippen LogP contribution in [0.1, 0.15) is 35.4 Å². The number of hydrogen-bond donors (Lipinski definition) is 3. The largest absolute Gasteiger partial charge is 0.450 e. The van der Waals surface area contributed by atoms with E-state index in [1.165, 1.54) is 44.3 Å². The van der Waals surface area contributed by atoms with Crippen molar-refractivity contribution in [3.63, 3.8) is 0 Å². The molecule has 1 saturated heterocycles. The van der Waals surface area contributed by atoms with Crippen LogP contribution in [0.25, 0.3) is 21.8 Å². The molecular weight excluding hydrogens is 796 g/mol. The summed E-state index contributed by atoms with van der Waals surface area (Å²) in [5.74, 6) is 0. The summed E-state index contributed by atoms with van der Waals surface area (Å²) in [5.41, 5.74) is 9.44. The van der Waals surface area contributed by atoms with Crippen LogP contribution in [0.15, 0.2) is 61.7 Å². The lowest BCUT2D eigenvalue weighted by Crippen LogP contribution is -2.42. The molecule has 2 aromatic carbocycles. The van der Waals surface area contributed by atoms with Crippen LogP contribution < -0.4 is 16.0 Å². The lowest BCUT2D eigenvalue weighted by Gasteiger charge is -2.37. The molecule has 2 aromatic heterocycles. The van der Waals surface area contributed by atoms with Gasteiger partial charge in [-0.3, -0.25) is 15.5 Å². The number of nitrogens with one attached hydrogen (secondary N) is 3. The molecule has 5 heterocycles. The van der Waals surface area contributed by atoms with Crippen molar-refractivity contribution in [1.82, 2.24) is 19.4 Å². The van der Waals surface area contributed by atoms with Crippen LogP contribution in [0.3, 0.4) is 0 Å². The maximum atomic E-state index is 12.3. The molecular formula is C45H67ClN6O5Si2. The number of fused-ring (bicyclic) bond motifs is 6.